The third-order valence-electron chi connectivity index (χ3n) is 3.63. The van der Waals surface area contributed by atoms with Crippen LogP contribution >= 0.6 is 0 Å². The highest BCUT2D eigenvalue weighted by Crippen LogP contribution is 2.11. The van der Waals surface area contributed by atoms with Crippen LogP contribution in [0.5, 0.6) is 0 Å². The predicted molar refractivity (Wildman–Crippen MR) is 89.9 cm³/mol. The van der Waals surface area contributed by atoms with Gasteiger partial charge in [0.1, 0.15) is 5.82 Å². The number of hydrogen-bond donors (Lipinski definition) is 2. The normalized spacial score (nSPS) is 11.6. The van der Waals surface area contributed by atoms with E-state index in [0.717, 1.165) is 11.1 Å². The van der Waals surface area contributed by atoms with E-state index in [9.17, 15) is 14.0 Å². The van der Waals surface area contributed by atoms with Crippen LogP contribution in [0, 0.1) is 12.7 Å². The Labute approximate surface area is 140 Å². The standard InChI is InChI=1S/C18H20FN3O2/c1-12-8-9-20-11-16(12)22-18(24)17(23)21-13(2)6-7-14-4-3-5-15(19)10-14/h3-5,8-11,13H,6-7H2,1-2H3,(H,21,23)(H,22,24)/t13-/m0/s1. The molecule has 24 heavy (non-hydrogen) atoms. The minimum absolute atomic E-state index is 0.207. The summed E-state index contributed by atoms with van der Waals surface area (Å²) in [5.74, 6) is -1.72. The minimum atomic E-state index is -0.733. The molecule has 2 aromatic rings. The van der Waals surface area contributed by atoms with Gasteiger partial charge in [0, 0.05) is 12.2 Å². The lowest BCUT2D eigenvalue weighted by atomic mass is 10.1. The first-order chi connectivity index (χ1) is 11.5. The molecule has 0 aliphatic carbocycles. The third kappa shape index (κ3) is 5.15. The summed E-state index contributed by atoms with van der Waals surface area (Å²) < 4.78 is 13.1. The number of anilines is 1. The maximum atomic E-state index is 13.1. The smallest absolute Gasteiger partial charge is 0.313 e. The molecule has 0 saturated heterocycles. The van der Waals surface area contributed by atoms with Crippen molar-refractivity contribution in [1.29, 1.82) is 0 Å². The molecule has 2 amide bonds. The summed E-state index contributed by atoms with van der Waals surface area (Å²) in [5, 5.41) is 5.17. The van der Waals surface area contributed by atoms with Crippen LogP contribution in [0.25, 0.3) is 0 Å². The van der Waals surface area contributed by atoms with Gasteiger partial charge in [0.2, 0.25) is 0 Å². The molecule has 2 rings (SSSR count). The summed E-state index contributed by atoms with van der Waals surface area (Å²) >= 11 is 0. The Balaban J connectivity index is 1.82. The van der Waals surface area contributed by atoms with Crippen molar-refractivity contribution in [3.63, 3.8) is 0 Å². The Morgan fingerprint density at radius 2 is 2.04 bits per heavy atom. The third-order valence-corrected chi connectivity index (χ3v) is 3.63. The summed E-state index contributed by atoms with van der Waals surface area (Å²) in [6, 6.07) is 7.87. The molecule has 0 radical (unpaired) electrons. The predicted octanol–water partition coefficient (Wildman–Crippen LogP) is 2.61. The highest BCUT2D eigenvalue weighted by atomic mass is 19.1. The molecule has 0 aliphatic heterocycles. The summed E-state index contributed by atoms with van der Waals surface area (Å²) in [4.78, 5) is 27.8. The van der Waals surface area contributed by atoms with Gasteiger partial charge >= 0.3 is 11.8 Å². The van der Waals surface area contributed by atoms with Crippen molar-refractivity contribution in [1.82, 2.24) is 10.3 Å². The number of nitrogens with one attached hydrogen (secondary N) is 2. The topological polar surface area (TPSA) is 71.1 Å². The lowest BCUT2D eigenvalue weighted by Crippen LogP contribution is -2.40. The van der Waals surface area contributed by atoms with Crippen molar-refractivity contribution >= 4 is 17.5 Å². The summed E-state index contributed by atoms with van der Waals surface area (Å²) in [6.45, 7) is 3.62. The van der Waals surface area contributed by atoms with Gasteiger partial charge in [0.25, 0.3) is 0 Å². The molecule has 126 valence electrons. The van der Waals surface area contributed by atoms with Crippen LogP contribution in [0.1, 0.15) is 24.5 Å². The number of carbonyl (C=O) groups is 2. The van der Waals surface area contributed by atoms with E-state index in [-0.39, 0.29) is 11.9 Å². The molecule has 1 atom stereocenters. The van der Waals surface area contributed by atoms with Gasteiger partial charge in [-0.2, -0.15) is 0 Å². The van der Waals surface area contributed by atoms with Gasteiger partial charge in [-0.3, -0.25) is 14.6 Å². The molecular weight excluding hydrogens is 309 g/mol. The van der Waals surface area contributed by atoms with Gasteiger partial charge in [-0.05, 0) is 56.0 Å². The SMILES string of the molecule is Cc1ccncc1NC(=O)C(=O)N[C@@H](C)CCc1cccc(F)c1. The van der Waals surface area contributed by atoms with E-state index >= 15 is 0 Å². The number of nitrogens with zero attached hydrogens (tertiary/aromatic N) is 1. The van der Waals surface area contributed by atoms with E-state index in [1.54, 1.807) is 25.3 Å². The van der Waals surface area contributed by atoms with Crippen LogP contribution in [0.4, 0.5) is 10.1 Å². The molecule has 0 saturated carbocycles. The van der Waals surface area contributed by atoms with E-state index in [2.05, 4.69) is 15.6 Å². The molecule has 0 aliphatic rings. The molecule has 6 heteroatoms. The second-order valence-electron chi connectivity index (χ2n) is 5.69. The Kier molecular flexibility index (Phi) is 6.01. The van der Waals surface area contributed by atoms with Crippen LogP contribution < -0.4 is 10.6 Å². The molecule has 0 spiro atoms. The minimum Gasteiger partial charge on any atom is -0.345 e. The zero-order valence-corrected chi connectivity index (χ0v) is 13.7. The van der Waals surface area contributed by atoms with E-state index in [1.165, 1.54) is 18.3 Å². The van der Waals surface area contributed by atoms with Crippen molar-refractivity contribution in [2.45, 2.75) is 32.7 Å². The van der Waals surface area contributed by atoms with E-state index in [0.29, 0.717) is 18.5 Å². The quantitative estimate of drug-likeness (QED) is 0.828. The van der Waals surface area contributed by atoms with Crippen molar-refractivity contribution in [3.05, 3.63) is 59.7 Å². The Morgan fingerprint density at radius 3 is 2.75 bits per heavy atom. The maximum absolute atomic E-state index is 13.1. The Morgan fingerprint density at radius 1 is 1.25 bits per heavy atom. The lowest BCUT2D eigenvalue weighted by Gasteiger charge is -2.14. The second-order valence-corrected chi connectivity index (χ2v) is 5.69. The van der Waals surface area contributed by atoms with Gasteiger partial charge in [-0.15, -0.1) is 0 Å². The van der Waals surface area contributed by atoms with Crippen LogP contribution in [0.2, 0.25) is 0 Å². The molecule has 1 heterocycles. The molecule has 1 aromatic carbocycles. The molecular formula is C18H20FN3O2. The molecule has 5 nitrogen and oxygen atoms in total. The van der Waals surface area contributed by atoms with Crippen molar-refractivity contribution < 1.29 is 14.0 Å². The van der Waals surface area contributed by atoms with E-state index in [4.69, 9.17) is 0 Å². The first-order valence-corrected chi connectivity index (χ1v) is 7.72. The molecule has 2 N–H and O–H groups in total. The molecule has 1 aromatic heterocycles. The van der Waals surface area contributed by atoms with E-state index in [1.807, 2.05) is 13.0 Å². The maximum Gasteiger partial charge on any atom is 0.313 e. The first kappa shape index (κ1) is 17.6. The molecule has 0 bridgehead atoms. The second kappa shape index (κ2) is 8.19. The molecule has 0 fully saturated rings. The largest absolute Gasteiger partial charge is 0.345 e. The van der Waals surface area contributed by atoms with Gasteiger partial charge in [0.05, 0.1) is 11.9 Å². The van der Waals surface area contributed by atoms with Crippen LogP contribution in [0.3, 0.4) is 0 Å². The highest BCUT2D eigenvalue weighted by Gasteiger charge is 2.17. The van der Waals surface area contributed by atoms with Crippen LogP contribution in [0.15, 0.2) is 42.7 Å². The first-order valence-electron chi connectivity index (χ1n) is 7.72. The van der Waals surface area contributed by atoms with E-state index < -0.39 is 11.8 Å². The van der Waals surface area contributed by atoms with Crippen molar-refractivity contribution in [2.24, 2.45) is 0 Å². The fourth-order valence-corrected chi connectivity index (χ4v) is 2.21. The summed E-state index contributed by atoms with van der Waals surface area (Å²) in [5.41, 5.74) is 2.18. The van der Waals surface area contributed by atoms with Gasteiger partial charge < -0.3 is 10.6 Å². The fraction of sp³-hybridized carbons (Fsp3) is 0.278. The number of halogens is 1. The number of carbonyl (C=O) groups excluding carboxylic acids is 2. The van der Waals surface area contributed by atoms with Gasteiger partial charge in [-0.1, -0.05) is 12.1 Å². The Bertz CT molecular complexity index is 734. The number of aromatic nitrogens is 1. The Hall–Kier alpha value is -2.76. The van der Waals surface area contributed by atoms with Gasteiger partial charge in [0.15, 0.2) is 0 Å². The monoisotopic (exact) mass is 329 g/mol. The number of rotatable bonds is 5. The number of aryl methyl sites for hydroxylation is 2. The summed E-state index contributed by atoms with van der Waals surface area (Å²) in [6.07, 6.45) is 4.32. The summed E-state index contributed by atoms with van der Waals surface area (Å²) in [7, 11) is 0. The number of amides is 2. The highest BCUT2D eigenvalue weighted by molar-refractivity contribution is 6.39. The average Bonchev–Trinajstić information content (AvgIpc) is 2.55. The number of benzene rings is 1. The van der Waals surface area contributed by atoms with Crippen molar-refractivity contribution in [2.75, 3.05) is 5.32 Å². The zero-order valence-electron chi connectivity index (χ0n) is 13.7. The zero-order chi connectivity index (χ0) is 17.5. The lowest BCUT2D eigenvalue weighted by molar-refractivity contribution is -0.136. The molecule has 0 unspecified atom stereocenters. The van der Waals surface area contributed by atoms with Crippen LogP contribution in [-0.2, 0) is 16.0 Å². The number of pyridine rings is 1. The average molecular weight is 329 g/mol. The van der Waals surface area contributed by atoms with Crippen LogP contribution in [-0.4, -0.2) is 22.8 Å². The fourth-order valence-electron chi connectivity index (χ4n) is 2.21. The van der Waals surface area contributed by atoms with Crippen molar-refractivity contribution in [3.8, 4) is 0 Å². The van der Waals surface area contributed by atoms with Gasteiger partial charge in [-0.25, -0.2) is 4.39 Å². The number of hydrogen-bond acceptors (Lipinski definition) is 3.